The van der Waals surface area contributed by atoms with Crippen molar-refractivity contribution in [3.05, 3.63) is 57.6 Å². The highest BCUT2D eigenvalue weighted by atomic mass is 32.1. The van der Waals surface area contributed by atoms with Gasteiger partial charge < -0.3 is 14.1 Å². The molecule has 0 saturated carbocycles. The van der Waals surface area contributed by atoms with Crippen LogP contribution in [0.1, 0.15) is 45.4 Å². The number of carbonyl (C=O) groups is 1. The maximum Gasteiger partial charge on any atom is 0.264 e. The van der Waals surface area contributed by atoms with Crippen LogP contribution in [0.15, 0.2) is 40.1 Å². The van der Waals surface area contributed by atoms with Gasteiger partial charge in [0, 0.05) is 37.3 Å². The molecule has 1 unspecified atom stereocenters. The Bertz CT molecular complexity index is 1050. The van der Waals surface area contributed by atoms with Crippen LogP contribution in [0.4, 0.5) is 0 Å². The summed E-state index contributed by atoms with van der Waals surface area (Å²) in [7, 11) is 0. The van der Waals surface area contributed by atoms with Crippen molar-refractivity contribution in [1.29, 1.82) is 0 Å². The molecule has 6 nitrogen and oxygen atoms in total. The summed E-state index contributed by atoms with van der Waals surface area (Å²) in [6.07, 6.45) is 1.79. The van der Waals surface area contributed by atoms with Gasteiger partial charge in [-0.25, -0.2) is 0 Å². The number of amides is 1. The largest absolute Gasteiger partial charge is 0.420 e. The van der Waals surface area contributed by atoms with E-state index in [0.29, 0.717) is 38.1 Å². The third-order valence-corrected chi connectivity index (χ3v) is 7.52. The summed E-state index contributed by atoms with van der Waals surface area (Å²) in [6.45, 7) is 6.76. The lowest BCUT2D eigenvalue weighted by Gasteiger charge is -2.36. The molecule has 1 atom stereocenters. The molecule has 7 heteroatoms. The third kappa shape index (κ3) is 3.36. The van der Waals surface area contributed by atoms with Crippen LogP contribution in [0, 0.1) is 19.3 Å². The van der Waals surface area contributed by atoms with Crippen molar-refractivity contribution in [2.24, 2.45) is 5.41 Å². The van der Waals surface area contributed by atoms with Gasteiger partial charge in [-0.1, -0.05) is 17.7 Å². The number of aromatic nitrogens is 2. The normalized spacial score (nSPS) is 20.7. The Hall–Kier alpha value is -2.51. The van der Waals surface area contributed by atoms with E-state index in [1.807, 2.05) is 47.5 Å². The van der Waals surface area contributed by atoms with Crippen LogP contribution in [-0.2, 0) is 4.74 Å². The second-order valence-corrected chi connectivity index (χ2v) is 9.37. The van der Waals surface area contributed by atoms with Gasteiger partial charge in [-0.15, -0.1) is 21.5 Å². The van der Waals surface area contributed by atoms with E-state index in [4.69, 9.17) is 9.15 Å². The number of thiophene rings is 1. The minimum Gasteiger partial charge on any atom is -0.420 e. The van der Waals surface area contributed by atoms with Crippen LogP contribution < -0.4 is 0 Å². The molecule has 2 fully saturated rings. The minimum atomic E-state index is -0.0733. The van der Waals surface area contributed by atoms with E-state index in [0.717, 1.165) is 28.8 Å². The summed E-state index contributed by atoms with van der Waals surface area (Å²) in [4.78, 5) is 16.0. The molecule has 0 N–H and O–H groups in total. The Kier molecular flexibility index (Phi) is 4.95. The Labute approximate surface area is 179 Å². The highest BCUT2D eigenvalue weighted by molar-refractivity contribution is 7.12. The summed E-state index contributed by atoms with van der Waals surface area (Å²) in [5, 5.41) is 10.7. The van der Waals surface area contributed by atoms with Crippen LogP contribution in [0.2, 0.25) is 0 Å². The van der Waals surface area contributed by atoms with Crippen LogP contribution >= 0.6 is 11.3 Å². The fraction of sp³-hybridized carbons (Fsp3) is 0.435. The van der Waals surface area contributed by atoms with Gasteiger partial charge in [0.1, 0.15) is 0 Å². The SMILES string of the molecule is Cc1ccc(-c2nnc(C3CN(C(=O)c4sccc4C)CC34CCOCC4)o2)cc1. The number of hydrogen-bond acceptors (Lipinski definition) is 6. The Balaban J connectivity index is 1.46. The molecule has 1 amide bonds. The maximum atomic E-state index is 13.2. The lowest BCUT2D eigenvalue weighted by atomic mass is 9.72. The number of hydrogen-bond donors (Lipinski definition) is 0. The molecule has 2 saturated heterocycles. The molecule has 2 aliphatic rings. The lowest BCUT2D eigenvalue weighted by molar-refractivity contribution is 0.00910. The van der Waals surface area contributed by atoms with Gasteiger partial charge in [0.15, 0.2) is 0 Å². The predicted octanol–water partition coefficient (Wildman–Crippen LogP) is 4.45. The molecule has 1 aromatic carbocycles. The van der Waals surface area contributed by atoms with Crippen LogP contribution in [0.5, 0.6) is 0 Å². The molecule has 2 aromatic heterocycles. The zero-order valence-electron chi connectivity index (χ0n) is 17.3. The minimum absolute atomic E-state index is 0.0253. The van der Waals surface area contributed by atoms with Crippen molar-refractivity contribution < 1.29 is 13.9 Å². The molecule has 0 aliphatic carbocycles. The number of likely N-dealkylation sites (tertiary alicyclic amines) is 1. The maximum absolute atomic E-state index is 13.2. The molecule has 4 heterocycles. The first-order chi connectivity index (χ1) is 14.6. The van der Waals surface area contributed by atoms with Gasteiger partial charge in [0.05, 0.1) is 10.8 Å². The molecule has 3 aromatic rings. The van der Waals surface area contributed by atoms with Crippen LogP contribution in [0.25, 0.3) is 11.5 Å². The smallest absolute Gasteiger partial charge is 0.264 e. The number of nitrogens with zero attached hydrogens (tertiary/aromatic N) is 3. The van der Waals surface area contributed by atoms with E-state index in [1.165, 1.54) is 16.9 Å². The van der Waals surface area contributed by atoms with Crippen LogP contribution in [0.3, 0.4) is 0 Å². The molecule has 0 radical (unpaired) electrons. The van der Waals surface area contributed by atoms with Gasteiger partial charge in [-0.3, -0.25) is 4.79 Å². The number of carbonyl (C=O) groups excluding carboxylic acids is 1. The molecule has 1 spiro atoms. The first kappa shape index (κ1) is 19.5. The molecule has 0 bridgehead atoms. The molecular formula is C23H25N3O3S. The average Bonchev–Trinajstić information content (AvgIpc) is 3.48. The topological polar surface area (TPSA) is 68.5 Å². The van der Waals surface area contributed by atoms with Gasteiger partial charge in [0.2, 0.25) is 11.8 Å². The molecular weight excluding hydrogens is 398 g/mol. The summed E-state index contributed by atoms with van der Waals surface area (Å²) >= 11 is 1.51. The Morgan fingerprint density at radius 3 is 2.60 bits per heavy atom. The second-order valence-electron chi connectivity index (χ2n) is 8.46. The zero-order chi connectivity index (χ0) is 20.7. The van der Waals surface area contributed by atoms with E-state index in [1.54, 1.807) is 0 Å². The van der Waals surface area contributed by atoms with Gasteiger partial charge in [-0.05, 0) is 55.8 Å². The fourth-order valence-corrected chi connectivity index (χ4v) is 5.56. The first-order valence-corrected chi connectivity index (χ1v) is 11.3. The quantitative estimate of drug-likeness (QED) is 0.622. The molecule has 5 rings (SSSR count). The fourth-order valence-electron chi connectivity index (χ4n) is 4.67. The molecule has 2 aliphatic heterocycles. The van der Waals surface area contributed by atoms with Gasteiger partial charge >= 0.3 is 0 Å². The van der Waals surface area contributed by atoms with Gasteiger partial charge in [0.25, 0.3) is 5.91 Å². The molecule has 30 heavy (non-hydrogen) atoms. The predicted molar refractivity (Wildman–Crippen MR) is 115 cm³/mol. The standard InChI is InChI=1S/C23H25N3O3S/c1-15-3-5-17(6-4-15)20-24-25-21(29-20)18-13-26(14-23(18)8-10-28-11-9-23)22(27)19-16(2)7-12-30-19/h3-7,12,18H,8-11,13-14H2,1-2H3. The number of rotatable bonds is 3. The van der Waals surface area contributed by atoms with E-state index in [9.17, 15) is 4.79 Å². The van der Waals surface area contributed by atoms with E-state index >= 15 is 0 Å². The third-order valence-electron chi connectivity index (χ3n) is 6.52. The molecule has 156 valence electrons. The monoisotopic (exact) mass is 423 g/mol. The zero-order valence-corrected chi connectivity index (χ0v) is 18.1. The highest BCUT2D eigenvalue weighted by Crippen LogP contribution is 2.49. The van der Waals surface area contributed by atoms with E-state index in [-0.39, 0.29) is 17.2 Å². The van der Waals surface area contributed by atoms with Crippen molar-refractivity contribution >= 4 is 17.2 Å². The van der Waals surface area contributed by atoms with Crippen molar-refractivity contribution in [3.8, 4) is 11.5 Å². The lowest BCUT2D eigenvalue weighted by Crippen LogP contribution is -2.37. The summed E-state index contributed by atoms with van der Waals surface area (Å²) in [6, 6.07) is 10.1. The number of aryl methyl sites for hydroxylation is 2. The Morgan fingerprint density at radius 1 is 1.13 bits per heavy atom. The highest BCUT2D eigenvalue weighted by Gasteiger charge is 2.51. The van der Waals surface area contributed by atoms with Crippen LogP contribution in [-0.4, -0.2) is 47.3 Å². The average molecular weight is 424 g/mol. The summed E-state index contributed by atoms with van der Waals surface area (Å²) in [5.74, 6) is 1.29. The Morgan fingerprint density at radius 2 is 1.90 bits per heavy atom. The van der Waals surface area contributed by atoms with E-state index < -0.39 is 0 Å². The summed E-state index contributed by atoms with van der Waals surface area (Å²) in [5.41, 5.74) is 3.07. The first-order valence-electron chi connectivity index (χ1n) is 10.4. The number of ether oxygens (including phenoxy) is 1. The van der Waals surface area contributed by atoms with Crippen molar-refractivity contribution in [2.75, 3.05) is 26.3 Å². The van der Waals surface area contributed by atoms with Gasteiger partial charge in [-0.2, -0.15) is 0 Å². The van der Waals surface area contributed by atoms with E-state index in [2.05, 4.69) is 17.1 Å². The summed E-state index contributed by atoms with van der Waals surface area (Å²) < 4.78 is 11.8. The van der Waals surface area contributed by atoms with Crippen molar-refractivity contribution in [2.45, 2.75) is 32.6 Å². The number of benzene rings is 1. The second kappa shape index (κ2) is 7.63. The van der Waals surface area contributed by atoms with Crippen molar-refractivity contribution in [1.82, 2.24) is 15.1 Å². The van der Waals surface area contributed by atoms with Crippen molar-refractivity contribution in [3.63, 3.8) is 0 Å².